The molecule has 1 fully saturated rings. The largest absolute Gasteiger partial charge is 0.457 e. The molecule has 0 unspecified atom stereocenters. The number of benzene rings is 2. The van der Waals surface area contributed by atoms with Crippen LogP contribution in [0.3, 0.4) is 0 Å². The first-order chi connectivity index (χ1) is 14.6. The number of hydroxylamine groups is 1. The highest BCUT2D eigenvalue weighted by Crippen LogP contribution is 2.40. The third kappa shape index (κ3) is 5.16. The minimum absolute atomic E-state index is 0.0150. The van der Waals surface area contributed by atoms with Crippen molar-refractivity contribution in [3.05, 3.63) is 48.5 Å². The smallest absolute Gasteiger partial charge is 0.446 e. The second kappa shape index (κ2) is 9.09. The predicted octanol–water partition coefficient (Wildman–Crippen LogP) is 5.07. The molecular formula is C20H20F3NO5S2. The van der Waals surface area contributed by atoms with Crippen molar-refractivity contribution < 1.29 is 36.3 Å². The summed E-state index contributed by atoms with van der Waals surface area (Å²) in [4.78, 5) is 12.2. The molecule has 1 amide bonds. The minimum atomic E-state index is -4.38. The molecule has 11 heteroatoms. The number of ether oxygens (including phenoxy) is 1. The summed E-state index contributed by atoms with van der Waals surface area (Å²) in [5, 5.41) is 9.10. The lowest BCUT2D eigenvalue weighted by Gasteiger charge is -2.34. The summed E-state index contributed by atoms with van der Waals surface area (Å²) in [6, 6.07) is 10.7. The normalized spacial score (nSPS) is 16.5. The van der Waals surface area contributed by atoms with E-state index in [0.717, 1.165) is 6.42 Å². The zero-order chi connectivity index (χ0) is 22.7. The van der Waals surface area contributed by atoms with Crippen LogP contribution in [0.4, 0.5) is 13.2 Å². The maximum Gasteiger partial charge on any atom is 0.446 e. The van der Waals surface area contributed by atoms with E-state index in [-0.39, 0.29) is 45.9 Å². The number of carbonyl (C=O) groups excluding carboxylic acids is 1. The zero-order valence-electron chi connectivity index (χ0n) is 16.2. The van der Waals surface area contributed by atoms with Crippen molar-refractivity contribution in [2.24, 2.45) is 0 Å². The topological polar surface area (TPSA) is 92.7 Å². The van der Waals surface area contributed by atoms with E-state index in [9.17, 15) is 26.4 Å². The van der Waals surface area contributed by atoms with Crippen LogP contribution in [0.5, 0.6) is 11.5 Å². The maximum atomic E-state index is 13.2. The van der Waals surface area contributed by atoms with Crippen LogP contribution in [0.25, 0.3) is 0 Å². The van der Waals surface area contributed by atoms with Crippen molar-refractivity contribution in [3.8, 4) is 11.5 Å². The number of nitrogens with one attached hydrogen (secondary N) is 1. The monoisotopic (exact) mass is 475 g/mol. The number of amides is 1. The van der Waals surface area contributed by atoms with Gasteiger partial charge in [-0.2, -0.15) is 13.2 Å². The van der Waals surface area contributed by atoms with Gasteiger partial charge in [0.2, 0.25) is 0 Å². The van der Waals surface area contributed by atoms with Crippen LogP contribution in [0, 0.1) is 0 Å². The van der Waals surface area contributed by atoms with E-state index in [1.165, 1.54) is 54.0 Å². The van der Waals surface area contributed by atoms with Crippen molar-refractivity contribution in [1.29, 1.82) is 0 Å². The third-order valence-corrected chi connectivity index (χ3v) is 8.37. The average molecular weight is 476 g/mol. The fourth-order valence-electron chi connectivity index (χ4n) is 3.60. The molecule has 0 aliphatic heterocycles. The van der Waals surface area contributed by atoms with Crippen LogP contribution < -0.4 is 10.2 Å². The number of halogens is 3. The molecule has 0 bridgehead atoms. The van der Waals surface area contributed by atoms with Crippen molar-refractivity contribution in [3.63, 3.8) is 0 Å². The highest BCUT2D eigenvalue weighted by Gasteiger charge is 2.51. The van der Waals surface area contributed by atoms with Gasteiger partial charge in [0.05, 0.1) is 4.90 Å². The lowest BCUT2D eigenvalue weighted by molar-refractivity contribution is -0.132. The van der Waals surface area contributed by atoms with Crippen molar-refractivity contribution in [2.75, 3.05) is 0 Å². The molecule has 168 valence electrons. The number of hydrogen-bond donors (Lipinski definition) is 2. The van der Waals surface area contributed by atoms with Crippen LogP contribution in [0.2, 0.25) is 0 Å². The first-order valence-electron chi connectivity index (χ1n) is 9.40. The standard InChI is InChI=1S/C20H20F3NO5S2/c21-20(22,23)30-16-8-4-14(5-9-16)29-15-6-10-17(11-7-15)31(27,28)19(18(25)24-26)12-2-1-3-13-19/h4-11,26H,1-3,12-13H2,(H,24,25). The Bertz CT molecular complexity index is 1020. The minimum Gasteiger partial charge on any atom is -0.457 e. The van der Waals surface area contributed by atoms with Crippen LogP contribution in [-0.2, 0) is 14.6 Å². The molecule has 2 aromatic carbocycles. The molecule has 0 spiro atoms. The van der Waals surface area contributed by atoms with Gasteiger partial charge < -0.3 is 4.74 Å². The van der Waals surface area contributed by atoms with E-state index in [4.69, 9.17) is 9.94 Å². The lowest BCUT2D eigenvalue weighted by atomic mass is 9.88. The Morgan fingerprint density at radius 2 is 1.48 bits per heavy atom. The molecule has 2 N–H and O–H groups in total. The number of alkyl halides is 3. The summed E-state index contributed by atoms with van der Waals surface area (Å²) < 4.78 is 67.5. The van der Waals surface area contributed by atoms with Gasteiger partial charge in [0.25, 0.3) is 5.91 Å². The van der Waals surface area contributed by atoms with Gasteiger partial charge >= 0.3 is 5.51 Å². The molecule has 2 aromatic rings. The van der Waals surface area contributed by atoms with Crippen molar-refractivity contribution in [2.45, 2.75) is 52.2 Å². The number of thioether (sulfide) groups is 1. The lowest BCUT2D eigenvalue weighted by Crippen LogP contribution is -2.52. The third-order valence-electron chi connectivity index (χ3n) is 5.12. The van der Waals surface area contributed by atoms with Gasteiger partial charge in [-0.1, -0.05) is 19.3 Å². The molecule has 1 aliphatic carbocycles. The van der Waals surface area contributed by atoms with E-state index in [0.29, 0.717) is 12.8 Å². The Balaban J connectivity index is 1.78. The Kier molecular flexibility index (Phi) is 6.87. The molecule has 1 aliphatic rings. The highest BCUT2D eigenvalue weighted by atomic mass is 32.2. The molecule has 0 heterocycles. The highest BCUT2D eigenvalue weighted by molar-refractivity contribution is 8.00. The second-order valence-electron chi connectivity index (χ2n) is 7.09. The van der Waals surface area contributed by atoms with Crippen LogP contribution in [0.15, 0.2) is 58.3 Å². The van der Waals surface area contributed by atoms with Crippen LogP contribution in [-0.4, -0.2) is 29.8 Å². The number of rotatable bonds is 6. The van der Waals surface area contributed by atoms with Gasteiger partial charge in [0, 0.05) is 4.90 Å². The molecule has 31 heavy (non-hydrogen) atoms. The molecule has 0 atom stereocenters. The summed E-state index contributed by atoms with van der Waals surface area (Å²) in [6.45, 7) is 0. The van der Waals surface area contributed by atoms with E-state index in [1.807, 2.05) is 0 Å². The Hall–Kier alpha value is -2.24. The predicted molar refractivity (Wildman–Crippen MR) is 108 cm³/mol. The summed E-state index contributed by atoms with van der Waals surface area (Å²) in [7, 11) is -4.08. The first-order valence-corrected chi connectivity index (χ1v) is 11.7. The van der Waals surface area contributed by atoms with Gasteiger partial charge in [0.15, 0.2) is 14.6 Å². The van der Waals surface area contributed by atoms with Gasteiger partial charge in [-0.3, -0.25) is 10.0 Å². The Morgan fingerprint density at radius 3 is 1.97 bits per heavy atom. The van der Waals surface area contributed by atoms with Gasteiger partial charge in [-0.15, -0.1) is 0 Å². The summed E-state index contributed by atoms with van der Waals surface area (Å²) in [6.07, 6.45) is 2.14. The van der Waals surface area contributed by atoms with Crippen LogP contribution >= 0.6 is 11.8 Å². The first kappa shape index (κ1) is 23.4. The number of sulfone groups is 1. The number of carbonyl (C=O) groups is 1. The van der Waals surface area contributed by atoms with Crippen molar-refractivity contribution >= 4 is 27.5 Å². The molecular weight excluding hydrogens is 455 g/mol. The Labute approximate surface area is 181 Å². The molecule has 6 nitrogen and oxygen atoms in total. The summed E-state index contributed by atoms with van der Waals surface area (Å²) >= 11 is -0.235. The molecule has 0 radical (unpaired) electrons. The van der Waals surface area contributed by atoms with E-state index in [1.54, 1.807) is 0 Å². The van der Waals surface area contributed by atoms with E-state index in [2.05, 4.69) is 0 Å². The van der Waals surface area contributed by atoms with Crippen molar-refractivity contribution in [1.82, 2.24) is 5.48 Å². The molecule has 3 rings (SSSR count). The fourth-order valence-corrected chi connectivity index (χ4v) is 6.20. The quantitative estimate of drug-likeness (QED) is 0.344. The average Bonchev–Trinajstić information content (AvgIpc) is 2.74. The molecule has 0 saturated heterocycles. The molecule has 0 aromatic heterocycles. The SMILES string of the molecule is O=C(NO)C1(S(=O)(=O)c2ccc(Oc3ccc(SC(F)(F)F)cc3)cc2)CCCCC1. The van der Waals surface area contributed by atoms with Crippen LogP contribution in [0.1, 0.15) is 32.1 Å². The maximum absolute atomic E-state index is 13.2. The fraction of sp³-hybridized carbons (Fsp3) is 0.350. The Morgan fingerprint density at radius 1 is 0.968 bits per heavy atom. The number of hydrogen-bond acceptors (Lipinski definition) is 6. The molecule has 1 saturated carbocycles. The summed E-state index contributed by atoms with van der Waals surface area (Å²) in [5.74, 6) is -0.380. The van der Waals surface area contributed by atoms with E-state index >= 15 is 0 Å². The van der Waals surface area contributed by atoms with Gasteiger partial charge in [-0.25, -0.2) is 13.9 Å². The summed E-state index contributed by atoms with van der Waals surface area (Å²) in [5.41, 5.74) is -2.88. The van der Waals surface area contributed by atoms with Gasteiger partial charge in [0.1, 0.15) is 11.5 Å². The van der Waals surface area contributed by atoms with Gasteiger partial charge in [-0.05, 0) is 73.1 Å². The zero-order valence-corrected chi connectivity index (χ0v) is 17.8. The second-order valence-corrected chi connectivity index (χ2v) is 10.5. The van der Waals surface area contributed by atoms with E-state index < -0.39 is 26.0 Å².